The fraction of sp³-hybridized carbons (Fsp3) is 0.450. The van der Waals surface area contributed by atoms with Crippen molar-refractivity contribution in [1.29, 1.82) is 0 Å². The van der Waals surface area contributed by atoms with Gasteiger partial charge in [-0.15, -0.1) is 0 Å². The molecule has 2 heterocycles. The van der Waals surface area contributed by atoms with Gasteiger partial charge >= 0.3 is 0 Å². The van der Waals surface area contributed by atoms with E-state index in [9.17, 15) is 21.6 Å². The molecule has 8 nitrogen and oxygen atoms in total. The van der Waals surface area contributed by atoms with E-state index in [0.29, 0.717) is 12.2 Å². The van der Waals surface area contributed by atoms with Gasteiger partial charge in [-0.25, -0.2) is 16.8 Å². The lowest BCUT2D eigenvalue weighted by atomic mass is 10.1. The van der Waals surface area contributed by atoms with E-state index in [1.54, 1.807) is 26.0 Å². The van der Waals surface area contributed by atoms with E-state index in [4.69, 9.17) is 16.0 Å². The van der Waals surface area contributed by atoms with Crippen LogP contribution in [0.4, 0.5) is 0 Å². The van der Waals surface area contributed by atoms with Gasteiger partial charge in [0, 0.05) is 24.7 Å². The molecule has 0 N–H and O–H groups in total. The fourth-order valence-corrected chi connectivity index (χ4v) is 7.35. The average molecular weight is 489 g/mol. The number of sulfonamides is 1. The fourth-order valence-electron chi connectivity index (χ4n) is 3.66. The summed E-state index contributed by atoms with van der Waals surface area (Å²) in [6.45, 7) is 4.04. The zero-order valence-corrected chi connectivity index (χ0v) is 19.7. The van der Waals surface area contributed by atoms with Gasteiger partial charge in [0.25, 0.3) is 5.91 Å². The van der Waals surface area contributed by atoms with Crippen LogP contribution in [0.1, 0.15) is 36.4 Å². The van der Waals surface area contributed by atoms with E-state index in [1.165, 1.54) is 33.7 Å². The Balaban J connectivity index is 2.00. The monoisotopic (exact) mass is 488 g/mol. The van der Waals surface area contributed by atoms with Gasteiger partial charge in [0.05, 0.1) is 29.3 Å². The Morgan fingerprint density at radius 1 is 1.23 bits per heavy atom. The highest BCUT2D eigenvalue weighted by atomic mass is 35.5. The highest BCUT2D eigenvalue weighted by molar-refractivity contribution is 7.91. The van der Waals surface area contributed by atoms with Crippen LogP contribution in [0.25, 0.3) is 0 Å². The number of hydrogen-bond donors (Lipinski definition) is 0. The summed E-state index contributed by atoms with van der Waals surface area (Å²) in [5.74, 6) is -0.117. The zero-order valence-electron chi connectivity index (χ0n) is 17.3. The van der Waals surface area contributed by atoms with Gasteiger partial charge in [0.2, 0.25) is 10.0 Å². The number of sulfone groups is 1. The number of carbonyl (C=O) groups is 1. The maximum atomic E-state index is 13.4. The summed E-state index contributed by atoms with van der Waals surface area (Å²) < 4.78 is 56.6. The van der Waals surface area contributed by atoms with E-state index >= 15 is 0 Å². The Morgan fingerprint density at radius 2 is 1.94 bits per heavy atom. The molecule has 1 unspecified atom stereocenters. The second kappa shape index (κ2) is 9.32. The quantitative estimate of drug-likeness (QED) is 0.565. The second-order valence-corrected chi connectivity index (χ2v) is 11.8. The number of rotatable bonds is 8. The first-order valence-corrected chi connectivity index (χ1v) is 13.6. The van der Waals surface area contributed by atoms with Gasteiger partial charge in [-0.2, -0.15) is 4.31 Å². The first kappa shape index (κ1) is 23.8. The van der Waals surface area contributed by atoms with Crippen molar-refractivity contribution in [2.45, 2.75) is 37.8 Å². The van der Waals surface area contributed by atoms with Crippen LogP contribution in [0.2, 0.25) is 5.02 Å². The number of furan rings is 1. The van der Waals surface area contributed by atoms with Crippen LogP contribution in [0.5, 0.6) is 0 Å². The molecule has 0 aliphatic carbocycles. The van der Waals surface area contributed by atoms with Crippen LogP contribution in [0.15, 0.2) is 45.9 Å². The Hall–Kier alpha value is -1.88. The zero-order chi connectivity index (χ0) is 22.8. The third-order valence-electron chi connectivity index (χ3n) is 5.32. The molecule has 1 aliphatic rings. The van der Waals surface area contributed by atoms with Gasteiger partial charge in [-0.1, -0.05) is 25.4 Å². The number of amides is 1. The molecule has 0 spiro atoms. The van der Waals surface area contributed by atoms with Crippen molar-refractivity contribution in [1.82, 2.24) is 9.21 Å². The largest absolute Gasteiger partial charge is 0.467 e. The van der Waals surface area contributed by atoms with Crippen molar-refractivity contribution in [2.75, 3.05) is 24.6 Å². The van der Waals surface area contributed by atoms with Crippen LogP contribution in [0, 0.1) is 0 Å². The molecule has 1 atom stereocenters. The van der Waals surface area contributed by atoms with Crippen molar-refractivity contribution >= 4 is 37.4 Å². The van der Waals surface area contributed by atoms with E-state index in [0.717, 1.165) is 0 Å². The first-order valence-electron chi connectivity index (χ1n) is 9.92. The molecule has 0 radical (unpaired) electrons. The third-order valence-corrected chi connectivity index (χ3v) is 9.60. The molecule has 170 valence electrons. The molecule has 11 heteroatoms. The van der Waals surface area contributed by atoms with Crippen molar-refractivity contribution in [3.05, 3.63) is 52.9 Å². The first-order chi connectivity index (χ1) is 14.6. The number of carbonyl (C=O) groups excluding carboxylic acids is 1. The summed E-state index contributed by atoms with van der Waals surface area (Å²) in [6.07, 6.45) is 1.79. The summed E-state index contributed by atoms with van der Waals surface area (Å²) in [7, 11) is -7.12. The Morgan fingerprint density at radius 3 is 2.48 bits per heavy atom. The number of hydrogen-bond acceptors (Lipinski definition) is 6. The Labute approximate surface area is 187 Å². The highest BCUT2D eigenvalue weighted by Crippen LogP contribution is 2.28. The van der Waals surface area contributed by atoms with Crippen molar-refractivity contribution in [2.24, 2.45) is 0 Å². The van der Waals surface area contributed by atoms with Gasteiger partial charge in [-0.05, 0) is 36.8 Å². The molecule has 2 aromatic rings. The lowest BCUT2D eigenvalue weighted by Crippen LogP contribution is -2.40. The summed E-state index contributed by atoms with van der Waals surface area (Å²) in [4.78, 5) is 14.7. The van der Waals surface area contributed by atoms with Gasteiger partial charge in [0.1, 0.15) is 10.7 Å². The SMILES string of the molecule is CCN(CC)S(=O)(=O)c1cc(C(=O)N(Cc2ccco2)C2CCS(=O)(=O)C2)ccc1Cl. The van der Waals surface area contributed by atoms with Gasteiger partial charge in [0.15, 0.2) is 9.84 Å². The molecule has 1 aliphatic heterocycles. The molecule has 3 rings (SSSR count). The van der Waals surface area contributed by atoms with Crippen molar-refractivity contribution < 1.29 is 26.0 Å². The number of benzene rings is 1. The van der Waals surface area contributed by atoms with Crippen LogP contribution in [-0.2, 0) is 26.4 Å². The van der Waals surface area contributed by atoms with E-state index < -0.39 is 31.8 Å². The molecule has 31 heavy (non-hydrogen) atoms. The van der Waals surface area contributed by atoms with E-state index in [-0.39, 0.29) is 46.6 Å². The summed E-state index contributed by atoms with van der Waals surface area (Å²) in [5, 5.41) is 0.0180. The number of halogens is 1. The summed E-state index contributed by atoms with van der Waals surface area (Å²) in [5.41, 5.74) is 0.117. The molecule has 1 amide bonds. The van der Waals surface area contributed by atoms with E-state index in [2.05, 4.69) is 0 Å². The van der Waals surface area contributed by atoms with Gasteiger partial charge in [-0.3, -0.25) is 4.79 Å². The molecular weight excluding hydrogens is 464 g/mol. The second-order valence-electron chi connectivity index (χ2n) is 7.30. The normalized spacial score (nSPS) is 18.4. The molecular formula is C20H25ClN2O6S2. The predicted octanol–water partition coefficient (Wildman–Crippen LogP) is 2.79. The van der Waals surface area contributed by atoms with Crippen molar-refractivity contribution in [3.8, 4) is 0 Å². The van der Waals surface area contributed by atoms with Crippen LogP contribution in [0.3, 0.4) is 0 Å². The molecule has 1 aromatic carbocycles. The molecule has 1 fully saturated rings. The van der Waals surface area contributed by atoms with Crippen LogP contribution >= 0.6 is 11.6 Å². The maximum Gasteiger partial charge on any atom is 0.254 e. The smallest absolute Gasteiger partial charge is 0.254 e. The lowest BCUT2D eigenvalue weighted by Gasteiger charge is -2.28. The molecule has 0 bridgehead atoms. The summed E-state index contributed by atoms with van der Waals surface area (Å²) in [6, 6.07) is 6.94. The highest BCUT2D eigenvalue weighted by Gasteiger charge is 2.36. The summed E-state index contributed by atoms with van der Waals surface area (Å²) >= 11 is 6.18. The Kier molecular flexibility index (Phi) is 7.14. The minimum atomic E-state index is -3.88. The molecule has 1 aromatic heterocycles. The number of nitrogens with zero attached hydrogens (tertiary/aromatic N) is 2. The molecule has 0 saturated carbocycles. The van der Waals surface area contributed by atoms with Crippen LogP contribution in [-0.4, -0.2) is 62.6 Å². The van der Waals surface area contributed by atoms with Gasteiger partial charge < -0.3 is 9.32 Å². The average Bonchev–Trinajstić information content (AvgIpc) is 3.35. The standard InChI is InChI=1S/C20H25ClN2O6S2/c1-3-22(4-2)31(27,28)19-12-15(7-8-18(19)21)20(24)23(13-17-6-5-10-29-17)16-9-11-30(25,26)14-16/h5-8,10,12,16H,3-4,9,11,13-14H2,1-2H3. The van der Waals surface area contributed by atoms with Crippen LogP contribution < -0.4 is 0 Å². The van der Waals surface area contributed by atoms with Crippen molar-refractivity contribution in [3.63, 3.8) is 0 Å². The topological polar surface area (TPSA) is 105 Å². The minimum Gasteiger partial charge on any atom is -0.467 e. The third kappa shape index (κ3) is 5.14. The molecule has 1 saturated heterocycles. The van der Waals surface area contributed by atoms with E-state index in [1.807, 2.05) is 0 Å². The lowest BCUT2D eigenvalue weighted by molar-refractivity contribution is 0.0666. The maximum absolute atomic E-state index is 13.4. The predicted molar refractivity (Wildman–Crippen MR) is 117 cm³/mol. The Bertz CT molecular complexity index is 1140. The minimum absolute atomic E-state index is 0.00179.